The van der Waals surface area contributed by atoms with Crippen molar-refractivity contribution in [2.45, 2.75) is 57.3 Å². The number of benzene rings is 1. The number of hydrogen-bond acceptors (Lipinski definition) is 6. The lowest BCUT2D eigenvalue weighted by atomic mass is 9.54. The van der Waals surface area contributed by atoms with Crippen molar-refractivity contribution >= 4 is 5.71 Å². The van der Waals surface area contributed by atoms with Crippen LogP contribution in [0.2, 0.25) is 0 Å². The molecule has 0 spiro atoms. The van der Waals surface area contributed by atoms with E-state index in [4.69, 9.17) is 14.9 Å². The van der Waals surface area contributed by atoms with Gasteiger partial charge in [0, 0.05) is 35.9 Å². The number of ether oxygens (including phenoxy) is 2. The first-order valence-corrected chi connectivity index (χ1v) is 11.1. The first-order chi connectivity index (χ1) is 14.9. The summed E-state index contributed by atoms with van der Waals surface area (Å²) < 4.78 is 11.8. The number of aromatic nitrogens is 1. The average molecular weight is 423 g/mol. The predicted molar refractivity (Wildman–Crippen MR) is 116 cm³/mol. The lowest BCUT2D eigenvalue weighted by molar-refractivity contribution is -0.0462. The molecule has 6 atom stereocenters. The highest BCUT2D eigenvalue weighted by Gasteiger charge is 2.58. The zero-order valence-corrected chi connectivity index (χ0v) is 18.0. The van der Waals surface area contributed by atoms with Crippen molar-refractivity contribution in [3.8, 4) is 11.5 Å². The second-order valence-electron chi connectivity index (χ2n) is 9.58. The van der Waals surface area contributed by atoms with Crippen LogP contribution in [0.15, 0.2) is 36.7 Å². The van der Waals surface area contributed by atoms with Gasteiger partial charge >= 0.3 is 0 Å². The number of pyridine rings is 1. The summed E-state index contributed by atoms with van der Waals surface area (Å²) in [6, 6.07) is 7.64. The predicted octanol–water partition coefficient (Wildman–Crippen LogP) is 4.36. The molecule has 0 aliphatic heterocycles. The standard InChI is InChI=1S/C25H30N2O4/c1-25-6-3-15-16-10-22(30-2)20(28)9-17(16)21(31-13-14-4-7-27-8-5-14)11-18(15)24(25)19(26)12-23(25)29/h4-5,7-10,15,18,21,23-24,26,28-29H,3,6,11-13H2,1-2H3/t15-,18-,21?,23?,24-,25-/m1/s1. The van der Waals surface area contributed by atoms with Gasteiger partial charge in [-0.15, -0.1) is 0 Å². The number of nitrogens with one attached hydrogen (secondary N) is 1. The van der Waals surface area contributed by atoms with Crippen molar-refractivity contribution < 1.29 is 19.7 Å². The summed E-state index contributed by atoms with van der Waals surface area (Å²) in [4.78, 5) is 4.07. The van der Waals surface area contributed by atoms with Crippen molar-refractivity contribution in [3.05, 3.63) is 53.3 Å². The fraction of sp³-hybridized carbons (Fsp3) is 0.520. The Labute approximate surface area is 182 Å². The SMILES string of the molecule is COc1cc2c(cc1O)C(OCc1ccncc1)C[C@@H]1[C@@H]2CC[C@]2(C)C(O)CC(=N)[C@@H]12. The van der Waals surface area contributed by atoms with E-state index in [2.05, 4.69) is 11.9 Å². The van der Waals surface area contributed by atoms with Gasteiger partial charge in [0.1, 0.15) is 0 Å². The number of phenols is 1. The fourth-order valence-electron chi connectivity index (χ4n) is 6.41. The van der Waals surface area contributed by atoms with Gasteiger partial charge in [0.15, 0.2) is 11.5 Å². The Morgan fingerprint density at radius 1 is 1.23 bits per heavy atom. The molecule has 31 heavy (non-hydrogen) atoms. The molecule has 6 heteroatoms. The minimum Gasteiger partial charge on any atom is -0.504 e. The molecule has 0 amide bonds. The first-order valence-electron chi connectivity index (χ1n) is 11.1. The van der Waals surface area contributed by atoms with Crippen molar-refractivity contribution in [1.29, 1.82) is 5.41 Å². The lowest BCUT2D eigenvalue weighted by Gasteiger charge is -2.51. The molecule has 2 unspecified atom stereocenters. The van der Waals surface area contributed by atoms with Crippen LogP contribution in [-0.2, 0) is 11.3 Å². The molecular weight excluding hydrogens is 392 g/mol. The third-order valence-electron chi connectivity index (χ3n) is 8.02. The normalized spacial score (nSPS) is 34.0. The van der Waals surface area contributed by atoms with Gasteiger partial charge in [0.2, 0.25) is 0 Å². The number of aliphatic hydroxyl groups excluding tert-OH is 1. The van der Waals surface area contributed by atoms with Crippen LogP contribution in [0.5, 0.6) is 11.5 Å². The summed E-state index contributed by atoms with van der Waals surface area (Å²) in [6.45, 7) is 2.61. The summed E-state index contributed by atoms with van der Waals surface area (Å²) in [5.74, 6) is 1.16. The fourth-order valence-corrected chi connectivity index (χ4v) is 6.41. The monoisotopic (exact) mass is 422 g/mol. The Bertz CT molecular complexity index is 995. The summed E-state index contributed by atoms with van der Waals surface area (Å²) in [5.41, 5.74) is 3.65. The minimum absolute atomic E-state index is 0.0567. The molecule has 0 bridgehead atoms. The molecule has 1 aromatic carbocycles. The molecule has 5 rings (SSSR count). The van der Waals surface area contributed by atoms with E-state index < -0.39 is 6.10 Å². The smallest absolute Gasteiger partial charge is 0.160 e. The summed E-state index contributed by atoms with van der Waals surface area (Å²) in [5, 5.41) is 29.9. The number of aromatic hydroxyl groups is 1. The van der Waals surface area contributed by atoms with E-state index in [1.807, 2.05) is 18.2 Å². The van der Waals surface area contributed by atoms with Crippen LogP contribution in [0, 0.1) is 22.7 Å². The van der Waals surface area contributed by atoms with Gasteiger partial charge in [0.05, 0.1) is 25.9 Å². The van der Waals surface area contributed by atoms with Crippen LogP contribution in [0.3, 0.4) is 0 Å². The van der Waals surface area contributed by atoms with Crippen LogP contribution in [0.4, 0.5) is 0 Å². The highest BCUT2D eigenvalue weighted by atomic mass is 16.5. The molecule has 1 heterocycles. The summed E-state index contributed by atoms with van der Waals surface area (Å²) in [7, 11) is 1.57. The van der Waals surface area contributed by atoms with E-state index in [0.29, 0.717) is 24.5 Å². The molecule has 6 nitrogen and oxygen atoms in total. The Kier molecular flexibility index (Phi) is 5.02. The molecule has 1 aromatic heterocycles. The summed E-state index contributed by atoms with van der Waals surface area (Å²) >= 11 is 0. The molecule has 0 saturated heterocycles. The minimum atomic E-state index is -0.446. The van der Waals surface area contributed by atoms with Crippen molar-refractivity contribution in [3.63, 3.8) is 0 Å². The molecule has 164 valence electrons. The van der Waals surface area contributed by atoms with Gasteiger partial charge in [-0.05, 0) is 72.1 Å². The zero-order chi connectivity index (χ0) is 21.8. The Balaban J connectivity index is 1.54. The number of fused-ring (bicyclic) bond motifs is 5. The second-order valence-corrected chi connectivity index (χ2v) is 9.58. The third kappa shape index (κ3) is 3.24. The number of methoxy groups -OCH3 is 1. The third-order valence-corrected chi connectivity index (χ3v) is 8.02. The molecule has 2 aromatic rings. The Morgan fingerprint density at radius 3 is 2.74 bits per heavy atom. The van der Waals surface area contributed by atoms with Crippen molar-refractivity contribution in [1.82, 2.24) is 4.98 Å². The Morgan fingerprint density at radius 2 is 2.00 bits per heavy atom. The van der Waals surface area contributed by atoms with Gasteiger partial charge < -0.3 is 25.1 Å². The molecule has 2 fully saturated rings. The van der Waals surface area contributed by atoms with E-state index in [1.165, 1.54) is 0 Å². The van der Waals surface area contributed by atoms with E-state index in [9.17, 15) is 10.2 Å². The molecule has 3 N–H and O–H groups in total. The van der Waals surface area contributed by atoms with Gasteiger partial charge in [0.25, 0.3) is 0 Å². The van der Waals surface area contributed by atoms with E-state index in [0.717, 1.165) is 36.0 Å². The number of phenolic OH excluding ortho intramolecular Hbond substituents is 1. The zero-order valence-electron chi connectivity index (χ0n) is 18.0. The highest BCUT2D eigenvalue weighted by Crippen LogP contribution is 2.62. The molecule has 3 aliphatic carbocycles. The quantitative estimate of drug-likeness (QED) is 0.680. The van der Waals surface area contributed by atoms with Gasteiger partial charge in [-0.1, -0.05) is 6.92 Å². The maximum atomic E-state index is 10.7. The lowest BCUT2D eigenvalue weighted by Crippen LogP contribution is -2.46. The van der Waals surface area contributed by atoms with Crippen LogP contribution in [0.1, 0.15) is 61.3 Å². The van der Waals surface area contributed by atoms with E-state index in [-0.39, 0.29) is 35.0 Å². The largest absolute Gasteiger partial charge is 0.504 e. The van der Waals surface area contributed by atoms with Crippen LogP contribution in [-0.4, -0.2) is 34.1 Å². The van der Waals surface area contributed by atoms with E-state index in [1.54, 1.807) is 25.6 Å². The van der Waals surface area contributed by atoms with Gasteiger partial charge in [-0.2, -0.15) is 0 Å². The van der Waals surface area contributed by atoms with Crippen LogP contribution >= 0.6 is 0 Å². The summed E-state index contributed by atoms with van der Waals surface area (Å²) in [6.07, 6.45) is 5.99. The van der Waals surface area contributed by atoms with Crippen molar-refractivity contribution in [2.24, 2.45) is 17.3 Å². The molecular formula is C25H30N2O4. The van der Waals surface area contributed by atoms with Gasteiger partial charge in [-0.3, -0.25) is 4.98 Å². The van der Waals surface area contributed by atoms with Crippen LogP contribution in [0.25, 0.3) is 0 Å². The highest BCUT2D eigenvalue weighted by molar-refractivity contribution is 5.88. The number of nitrogens with zero attached hydrogens (tertiary/aromatic N) is 1. The average Bonchev–Trinajstić information content (AvgIpc) is 3.00. The van der Waals surface area contributed by atoms with Gasteiger partial charge in [-0.25, -0.2) is 0 Å². The molecule has 2 saturated carbocycles. The number of rotatable bonds is 4. The van der Waals surface area contributed by atoms with Crippen molar-refractivity contribution in [2.75, 3.05) is 7.11 Å². The Hall–Kier alpha value is -2.44. The number of hydrogen-bond donors (Lipinski definition) is 3. The second kappa shape index (κ2) is 7.61. The molecule has 0 radical (unpaired) electrons. The first kappa shape index (κ1) is 20.5. The van der Waals surface area contributed by atoms with E-state index >= 15 is 0 Å². The molecule has 3 aliphatic rings. The maximum absolute atomic E-state index is 10.7. The topological polar surface area (TPSA) is 95.7 Å². The van der Waals surface area contributed by atoms with Crippen LogP contribution < -0.4 is 4.74 Å². The number of aliphatic hydroxyl groups is 1. The maximum Gasteiger partial charge on any atom is 0.160 e.